The lowest BCUT2D eigenvalue weighted by atomic mass is 9.95. The molecule has 156 valence electrons. The van der Waals surface area contributed by atoms with Crippen LogP contribution in [-0.4, -0.2) is 38.2 Å². The molecule has 1 aliphatic heterocycles. The molecule has 0 aliphatic carbocycles. The molecule has 0 amide bonds. The zero-order chi connectivity index (χ0) is 21.0. The number of nitrogens with one attached hydrogen (secondary N) is 1. The first-order chi connectivity index (χ1) is 15.2. The zero-order valence-corrected chi connectivity index (χ0v) is 17.8. The summed E-state index contributed by atoms with van der Waals surface area (Å²) < 4.78 is 0. The monoisotopic (exact) mass is 409 g/mol. The van der Waals surface area contributed by atoms with Crippen molar-refractivity contribution in [3.05, 3.63) is 89.9 Å². The third-order valence-corrected chi connectivity index (χ3v) is 6.06. The van der Waals surface area contributed by atoms with Gasteiger partial charge in [-0.05, 0) is 61.7 Å². The van der Waals surface area contributed by atoms with Gasteiger partial charge in [0, 0.05) is 18.2 Å². The molecular weight excluding hydrogens is 382 g/mol. The average Bonchev–Trinajstić information content (AvgIpc) is 3.31. The van der Waals surface area contributed by atoms with Gasteiger partial charge in [-0.3, -0.25) is 10.00 Å². The van der Waals surface area contributed by atoms with Crippen LogP contribution in [0.2, 0.25) is 0 Å². The van der Waals surface area contributed by atoms with E-state index < -0.39 is 0 Å². The first kappa shape index (κ1) is 19.6. The lowest BCUT2D eigenvalue weighted by Crippen LogP contribution is -2.32. The number of hydrogen-bond acceptors (Lipinski definition) is 4. The molecule has 1 N–H and O–H groups in total. The maximum Gasteiger partial charge on any atom is 0.199 e. The average molecular weight is 410 g/mol. The number of piperidine rings is 1. The molecular formula is C26H27N5. The van der Waals surface area contributed by atoms with Crippen LogP contribution in [0, 0.1) is 6.92 Å². The Hall–Kier alpha value is -3.31. The highest BCUT2D eigenvalue weighted by molar-refractivity contribution is 5.63. The van der Waals surface area contributed by atoms with E-state index in [0.717, 1.165) is 49.7 Å². The van der Waals surface area contributed by atoms with Crippen molar-refractivity contribution in [2.75, 3.05) is 13.1 Å². The summed E-state index contributed by atoms with van der Waals surface area (Å²) in [7, 11) is 0. The number of aromatic nitrogens is 4. The molecule has 1 fully saturated rings. The van der Waals surface area contributed by atoms with E-state index in [9.17, 15) is 0 Å². The standard InChI is InChI=1S/C26H27N5/c1-19-6-5-9-24(27-19)26-28-25(29-30-26)23-14-16-31(17-15-23)18-20-10-12-22(13-11-20)21-7-3-2-4-8-21/h2-13,23H,14-18H2,1H3,(H,28,29,30). The normalized spacial score (nSPS) is 15.3. The summed E-state index contributed by atoms with van der Waals surface area (Å²) in [6.07, 6.45) is 2.19. The molecule has 0 bridgehead atoms. The van der Waals surface area contributed by atoms with Crippen molar-refractivity contribution in [2.24, 2.45) is 0 Å². The van der Waals surface area contributed by atoms with Crippen LogP contribution in [0.25, 0.3) is 22.6 Å². The van der Waals surface area contributed by atoms with E-state index in [0.29, 0.717) is 11.7 Å². The minimum absolute atomic E-state index is 0.433. The van der Waals surface area contributed by atoms with Gasteiger partial charge in [0.05, 0.1) is 0 Å². The van der Waals surface area contributed by atoms with Crippen LogP contribution in [0.5, 0.6) is 0 Å². The topological polar surface area (TPSA) is 57.7 Å². The van der Waals surface area contributed by atoms with E-state index in [1.165, 1.54) is 16.7 Å². The number of aryl methyl sites for hydroxylation is 1. The number of nitrogens with zero attached hydrogens (tertiary/aromatic N) is 4. The van der Waals surface area contributed by atoms with Crippen LogP contribution in [0.4, 0.5) is 0 Å². The van der Waals surface area contributed by atoms with Crippen molar-refractivity contribution in [3.8, 4) is 22.6 Å². The molecule has 0 radical (unpaired) electrons. The number of aromatic amines is 1. The first-order valence-electron chi connectivity index (χ1n) is 11.0. The van der Waals surface area contributed by atoms with Gasteiger partial charge in [0.1, 0.15) is 11.5 Å². The van der Waals surface area contributed by atoms with Gasteiger partial charge < -0.3 is 0 Å². The minimum Gasteiger partial charge on any atom is -0.299 e. The van der Waals surface area contributed by atoms with Gasteiger partial charge in [-0.2, -0.15) is 5.10 Å². The van der Waals surface area contributed by atoms with E-state index in [2.05, 4.69) is 74.7 Å². The highest BCUT2D eigenvalue weighted by Crippen LogP contribution is 2.28. The molecule has 4 aromatic rings. The molecule has 1 aliphatic rings. The third kappa shape index (κ3) is 4.57. The van der Waals surface area contributed by atoms with Crippen LogP contribution in [0.1, 0.15) is 35.8 Å². The Bertz CT molecular complexity index is 1130. The Morgan fingerprint density at radius 1 is 0.839 bits per heavy atom. The fourth-order valence-corrected chi connectivity index (χ4v) is 4.29. The Morgan fingerprint density at radius 2 is 1.58 bits per heavy atom. The van der Waals surface area contributed by atoms with Crippen molar-refractivity contribution >= 4 is 0 Å². The third-order valence-electron chi connectivity index (χ3n) is 6.06. The second-order valence-electron chi connectivity index (χ2n) is 8.32. The van der Waals surface area contributed by atoms with E-state index in [1.54, 1.807) is 0 Å². The number of rotatable bonds is 5. The fraction of sp³-hybridized carbons (Fsp3) is 0.269. The number of H-pyrrole nitrogens is 1. The lowest BCUT2D eigenvalue weighted by Gasteiger charge is -2.30. The summed E-state index contributed by atoms with van der Waals surface area (Å²) in [5, 5.41) is 7.57. The van der Waals surface area contributed by atoms with Crippen molar-refractivity contribution in [3.63, 3.8) is 0 Å². The van der Waals surface area contributed by atoms with Gasteiger partial charge in [0.15, 0.2) is 5.82 Å². The Balaban J connectivity index is 1.18. The Labute approximate surface area is 183 Å². The van der Waals surface area contributed by atoms with Crippen LogP contribution >= 0.6 is 0 Å². The highest BCUT2D eigenvalue weighted by atomic mass is 15.2. The van der Waals surface area contributed by atoms with E-state index in [-0.39, 0.29) is 0 Å². The summed E-state index contributed by atoms with van der Waals surface area (Å²) in [5.41, 5.74) is 5.72. The molecule has 0 saturated carbocycles. The quantitative estimate of drug-likeness (QED) is 0.491. The van der Waals surface area contributed by atoms with Gasteiger partial charge in [0.2, 0.25) is 0 Å². The molecule has 5 heteroatoms. The van der Waals surface area contributed by atoms with Crippen LogP contribution < -0.4 is 0 Å². The highest BCUT2D eigenvalue weighted by Gasteiger charge is 2.23. The van der Waals surface area contributed by atoms with Crippen molar-refractivity contribution in [2.45, 2.75) is 32.2 Å². The largest absolute Gasteiger partial charge is 0.299 e. The molecule has 0 unspecified atom stereocenters. The van der Waals surface area contributed by atoms with Gasteiger partial charge in [-0.1, -0.05) is 60.7 Å². The summed E-state index contributed by atoms with van der Waals surface area (Å²) in [5.74, 6) is 2.12. The number of pyridine rings is 1. The molecule has 5 nitrogen and oxygen atoms in total. The number of hydrogen-bond donors (Lipinski definition) is 1. The van der Waals surface area contributed by atoms with Crippen LogP contribution in [0.15, 0.2) is 72.8 Å². The Morgan fingerprint density at radius 3 is 2.32 bits per heavy atom. The first-order valence-corrected chi connectivity index (χ1v) is 11.0. The molecule has 0 atom stereocenters. The van der Waals surface area contributed by atoms with Gasteiger partial charge in [-0.15, -0.1) is 0 Å². The summed E-state index contributed by atoms with van der Waals surface area (Å²) >= 11 is 0. The SMILES string of the molecule is Cc1cccc(-c2n[nH]c(C3CCN(Cc4ccc(-c5ccccc5)cc4)CC3)n2)n1. The number of benzene rings is 2. The predicted molar refractivity (Wildman–Crippen MR) is 123 cm³/mol. The van der Waals surface area contributed by atoms with E-state index in [1.807, 2.05) is 25.1 Å². The summed E-state index contributed by atoms with van der Waals surface area (Å²) in [6, 6.07) is 25.5. The lowest BCUT2D eigenvalue weighted by molar-refractivity contribution is 0.202. The maximum absolute atomic E-state index is 4.75. The minimum atomic E-state index is 0.433. The van der Waals surface area contributed by atoms with Gasteiger partial charge >= 0.3 is 0 Å². The summed E-state index contributed by atoms with van der Waals surface area (Å²) in [6.45, 7) is 5.13. The molecule has 3 heterocycles. The zero-order valence-electron chi connectivity index (χ0n) is 17.8. The predicted octanol–water partition coefficient (Wildman–Crippen LogP) is 5.22. The van der Waals surface area contributed by atoms with Crippen LogP contribution in [0.3, 0.4) is 0 Å². The smallest absolute Gasteiger partial charge is 0.199 e. The van der Waals surface area contributed by atoms with Crippen LogP contribution in [-0.2, 0) is 6.54 Å². The molecule has 5 rings (SSSR count). The molecule has 2 aromatic heterocycles. The van der Waals surface area contributed by atoms with Crippen molar-refractivity contribution < 1.29 is 0 Å². The molecule has 1 saturated heterocycles. The maximum atomic E-state index is 4.75. The van der Waals surface area contributed by atoms with Crippen molar-refractivity contribution in [1.29, 1.82) is 0 Å². The van der Waals surface area contributed by atoms with E-state index in [4.69, 9.17) is 4.98 Å². The second kappa shape index (κ2) is 8.82. The van der Waals surface area contributed by atoms with Crippen molar-refractivity contribution in [1.82, 2.24) is 25.1 Å². The second-order valence-corrected chi connectivity index (χ2v) is 8.32. The molecule has 2 aromatic carbocycles. The number of likely N-dealkylation sites (tertiary alicyclic amines) is 1. The van der Waals surface area contributed by atoms with E-state index >= 15 is 0 Å². The van der Waals surface area contributed by atoms with Gasteiger partial charge in [0.25, 0.3) is 0 Å². The molecule has 0 spiro atoms. The van der Waals surface area contributed by atoms with Gasteiger partial charge in [-0.25, -0.2) is 9.97 Å². The Kier molecular flexibility index (Phi) is 5.59. The summed E-state index contributed by atoms with van der Waals surface area (Å²) in [4.78, 5) is 11.8. The fourth-order valence-electron chi connectivity index (χ4n) is 4.29. The molecule has 31 heavy (non-hydrogen) atoms.